The second kappa shape index (κ2) is 7.60. The monoisotopic (exact) mass is 394 g/mol. The molecule has 2 aromatic carbocycles. The van der Waals surface area contributed by atoms with Crippen molar-refractivity contribution in [3.05, 3.63) is 70.3 Å². The van der Waals surface area contributed by atoms with Gasteiger partial charge in [-0.05, 0) is 69.9 Å². The van der Waals surface area contributed by atoms with E-state index in [9.17, 15) is 9.90 Å². The molecule has 0 aliphatic heterocycles. The first kappa shape index (κ1) is 21.6. The van der Waals surface area contributed by atoms with Crippen LogP contribution in [0.25, 0.3) is 0 Å². The standard InChI is InChI=1S/C26H34O3/c1-16(18-7-9-19(10-8-18)24(28)29)17(2)23(27)20-11-12-21-22(15-20)26(5,6)14-13-25(21,3)4/h7-12,15-17,23,27H,13-14H2,1-6H3,(H,28,29). The number of hydrogen-bond donors (Lipinski definition) is 2. The predicted octanol–water partition coefficient (Wildman–Crippen LogP) is 6.21. The van der Waals surface area contributed by atoms with E-state index in [1.54, 1.807) is 12.1 Å². The van der Waals surface area contributed by atoms with Crippen LogP contribution in [0.4, 0.5) is 0 Å². The molecule has 0 saturated carbocycles. The fraction of sp³-hybridized carbons (Fsp3) is 0.500. The number of rotatable bonds is 5. The molecule has 0 saturated heterocycles. The van der Waals surface area contributed by atoms with Crippen LogP contribution in [-0.2, 0) is 10.8 Å². The maximum atomic E-state index is 11.2. The molecule has 29 heavy (non-hydrogen) atoms. The maximum absolute atomic E-state index is 11.2. The first-order valence-electron chi connectivity index (χ1n) is 10.6. The zero-order chi connectivity index (χ0) is 21.6. The van der Waals surface area contributed by atoms with Crippen molar-refractivity contribution in [1.82, 2.24) is 0 Å². The lowest BCUT2D eigenvalue weighted by Crippen LogP contribution is -2.34. The lowest BCUT2D eigenvalue weighted by Gasteiger charge is -2.42. The number of hydrogen-bond acceptors (Lipinski definition) is 2. The van der Waals surface area contributed by atoms with Gasteiger partial charge in [-0.2, -0.15) is 0 Å². The Morgan fingerprint density at radius 2 is 1.38 bits per heavy atom. The molecule has 1 aliphatic carbocycles. The highest BCUT2D eigenvalue weighted by Crippen LogP contribution is 2.47. The average Bonchev–Trinajstić information content (AvgIpc) is 2.69. The summed E-state index contributed by atoms with van der Waals surface area (Å²) in [6.45, 7) is 13.4. The molecule has 0 bridgehead atoms. The summed E-state index contributed by atoms with van der Waals surface area (Å²) in [6, 6.07) is 13.5. The van der Waals surface area contributed by atoms with Crippen molar-refractivity contribution in [2.75, 3.05) is 0 Å². The van der Waals surface area contributed by atoms with Gasteiger partial charge in [0.15, 0.2) is 0 Å². The van der Waals surface area contributed by atoms with E-state index < -0.39 is 12.1 Å². The first-order valence-corrected chi connectivity index (χ1v) is 10.6. The number of benzene rings is 2. The van der Waals surface area contributed by atoms with Gasteiger partial charge in [0.2, 0.25) is 0 Å². The van der Waals surface area contributed by atoms with Gasteiger partial charge in [0.05, 0.1) is 11.7 Å². The molecule has 3 heteroatoms. The normalized spacial score (nSPS) is 20.4. The summed E-state index contributed by atoms with van der Waals surface area (Å²) in [5, 5.41) is 20.3. The minimum atomic E-state index is -0.920. The van der Waals surface area contributed by atoms with E-state index in [0.29, 0.717) is 0 Å². The van der Waals surface area contributed by atoms with E-state index in [-0.39, 0.29) is 28.2 Å². The average molecular weight is 395 g/mol. The minimum absolute atomic E-state index is 0.00319. The molecule has 3 atom stereocenters. The third-order valence-electron chi connectivity index (χ3n) is 7.19. The van der Waals surface area contributed by atoms with Crippen LogP contribution >= 0.6 is 0 Å². The van der Waals surface area contributed by atoms with Crippen molar-refractivity contribution in [3.63, 3.8) is 0 Å². The van der Waals surface area contributed by atoms with Crippen molar-refractivity contribution < 1.29 is 15.0 Å². The van der Waals surface area contributed by atoms with Crippen molar-refractivity contribution in [2.24, 2.45) is 5.92 Å². The van der Waals surface area contributed by atoms with Crippen LogP contribution in [0.1, 0.15) is 99.0 Å². The van der Waals surface area contributed by atoms with Crippen LogP contribution in [-0.4, -0.2) is 16.2 Å². The molecule has 0 amide bonds. The van der Waals surface area contributed by atoms with Gasteiger partial charge in [0.25, 0.3) is 0 Å². The van der Waals surface area contributed by atoms with Crippen molar-refractivity contribution in [3.8, 4) is 0 Å². The maximum Gasteiger partial charge on any atom is 0.335 e. The van der Waals surface area contributed by atoms with Gasteiger partial charge in [-0.3, -0.25) is 0 Å². The van der Waals surface area contributed by atoms with Crippen molar-refractivity contribution in [2.45, 2.75) is 77.2 Å². The molecule has 0 spiro atoms. The highest BCUT2D eigenvalue weighted by atomic mass is 16.4. The third kappa shape index (κ3) is 4.11. The molecule has 3 nitrogen and oxygen atoms in total. The second-order valence-electron chi connectivity index (χ2n) is 10.1. The van der Waals surface area contributed by atoms with Gasteiger partial charge in [-0.1, -0.05) is 71.9 Å². The third-order valence-corrected chi connectivity index (χ3v) is 7.19. The molecule has 2 aromatic rings. The van der Waals surface area contributed by atoms with Crippen LogP contribution < -0.4 is 0 Å². The number of carboxylic acid groups (broad SMARTS) is 1. The summed E-state index contributed by atoms with van der Waals surface area (Å²) < 4.78 is 0. The Kier molecular flexibility index (Phi) is 5.66. The minimum Gasteiger partial charge on any atom is -0.478 e. The molecule has 156 valence electrons. The quantitative estimate of drug-likeness (QED) is 0.634. The lowest BCUT2D eigenvalue weighted by molar-refractivity contribution is 0.0696. The fourth-order valence-corrected chi connectivity index (χ4v) is 4.60. The van der Waals surface area contributed by atoms with Gasteiger partial charge < -0.3 is 10.2 Å². The molecule has 0 radical (unpaired) electrons. The number of fused-ring (bicyclic) bond motifs is 1. The van der Waals surface area contributed by atoms with E-state index in [4.69, 9.17) is 5.11 Å². The number of aliphatic hydroxyl groups is 1. The molecule has 3 rings (SSSR count). The SMILES string of the molecule is CC(c1ccc(C(=O)O)cc1)C(C)C(O)c1ccc2c(c1)C(C)(C)CCC2(C)C. The van der Waals surface area contributed by atoms with E-state index in [2.05, 4.69) is 59.7 Å². The smallest absolute Gasteiger partial charge is 0.335 e. The molecule has 2 N–H and O–H groups in total. The van der Waals surface area contributed by atoms with E-state index in [1.165, 1.54) is 17.5 Å². The van der Waals surface area contributed by atoms with Crippen LogP contribution in [0.3, 0.4) is 0 Å². The molecule has 0 fully saturated rings. The van der Waals surface area contributed by atoms with Gasteiger partial charge in [-0.25, -0.2) is 4.79 Å². The van der Waals surface area contributed by atoms with Crippen molar-refractivity contribution in [1.29, 1.82) is 0 Å². The van der Waals surface area contributed by atoms with Gasteiger partial charge in [0, 0.05) is 0 Å². The van der Waals surface area contributed by atoms with Crippen LogP contribution in [0, 0.1) is 5.92 Å². The molecule has 0 aromatic heterocycles. The molecular weight excluding hydrogens is 360 g/mol. The first-order chi connectivity index (χ1) is 13.4. The Labute approximate surface area is 174 Å². The summed E-state index contributed by atoms with van der Waals surface area (Å²) in [5.41, 5.74) is 5.33. The second-order valence-corrected chi connectivity index (χ2v) is 10.1. The summed E-state index contributed by atoms with van der Waals surface area (Å²) >= 11 is 0. The zero-order valence-corrected chi connectivity index (χ0v) is 18.5. The van der Waals surface area contributed by atoms with E-state index in [0.717, 1.165) is 17.5 Å². The fourth-order valence-electron chi connectivity index (χ4n) is 4.60. The van der Waals surface area contributed by atoms with Crippen LogP contribution in [0.15, 0.2) is 42.5 Å². The van der Waals surface area contributed by atoms with Gasteiger partial charge in [0.1, 0.15) is 0 Å². The number of aromatic carboxylic acids is 1. The lowest BCUT2D eigenvalue weighted by atomic mass is 9.62. The van der Waals surface area contributed by atoms with Crippen LogP contribution in [0.5, 0.6) is 0 Å². The number of aliphatic hydroxyl groups excluding tert-OH is 1. The number of carbonyl (C=O) groups is 1. The van der Waals surface area contributed by atoms with Gasteiger partial charge in [-0.15, -0.1) is 0 Å². The Balaban J connectivity index is 1.88. The molecular formula is C26H34O3. The molecule has 3 unspecified atom stereocenters. The summed E-state index contributed by atoms with van der Waals surface area (Å²) in [7, 11) is 0. The molecule has 1 aliphatic rings. The number of carboxylic acids is 1. The summed E-state index contributed by atoms with van der Waals surface area (Å²) in [4.78, 5) is 11.1. The highest BCUT2D eigenvalue weighted by Gasteiger charge is 2.37. The largest absolute Gasteiger partial charge is 0.478 e. The Bertz CT molecular complexity index is 893. The Morgan fingerprint density at radius 3 is 1.93 bits per heavy atom. The zero-order valence-electron chi connectivity index (χ0n) is 18.5. The predicted molar refractivity (Wildman–Crippen MR) is 118 cm³/mol. The Morgan fingerprint density at radius 1 is 0.862 bits per heavy atom. The summed E-state index contributed by atoms with van der Waals surface area (Å²) in [5.74, 6) is -0.811. The van der Waals surface area contributed by atoms with Gasteiger partial charge >= 0.3 is 5.97 Å². The van der Waals surface area contributed by atoms with Crippen LogP contribution in [0.2, 0.25) is 0 Å². The topological polar surface area (TPSA) is 57.5 Å². The highest BCUT2D eigenvalue weighted by molar-refractivity contribution is 5.87. The van der Waals surface area contributed by atoms with E-state index in [1.807, 2.05) is 12.1 Å². The van der Waals surface area contributed by atoms with E-state index >= 15 is 0 Å². The summed E-state index contributed by atoms with van der Waals surface area (Å²) in [6.07, 6.45) is 1.75. The molecule has 0 heterocycles. The Hall–Kier alpha value is -2.13. The van der Waals surface area contributed by atoms with Crippen molar-refractivity contribution >= 4 is 5.97 Å².